The van der Waals surface area contributed by atoms with E-state index in [1.165, 1.54) is 0 Å². The van der Waals surface area contributed by atoms with Gasteiger partial charge in [-0.3, -0.25) is 4.90 Å². The maximum atomic E-state index is 9.60. The van der Waals surface area contributed by atoms with Crippen molar-refractivity contribution in [2.45, 2.75) is 26.0 Å². The number of hydrogen-bond donors (Lipinski definition) is 1. The molecule has 0 spiro atoms. The lowest BCUT2D eigenvalue weighted by Crippen LogP contribution is -2.24. The second kappa shape index (κ2) is 5.45. The predicted molar refractivity (Wildman–Crippen MR) is 74.9 cm³/mol. The molecule has 0 aliphatic carbocycles. The van der Waals surface area contributed by atoms with Gasteiger partial charge in [0.2, 0.25) is 5.89 Å². The third kappa shape index (κ3) is 2.88. The van der Waals surface area contributed by atoms with Crippen molar-refractivity contribution < 1.29 is 9.52 Å². The van der Waals surface area contributed by atoms with E-state index in [-0.39, 0.29) is 6.10 Å². The summed E-state index contributed by atoms with van der Waals surface area (Å²) in [6.45, 7) is 4.53. The van der Waals surface area contributed by atoms with Gasteiger partial charge in [0.1, 0.15) is 0 Å². The van der Waals surface area contributed by atoms with Gasteiger partial charge in [0, 0.05) is 6.54 Å². The van der Waals surface area contributed by atoms with Crippen LogP contribution in [0.15, 0.2) is 28.1 Å². The van der Waals surface area contributed by atoms with E-state index >= 15 is 0 Å². The largest absolute Gasteiger partial charge is 0.438 e. The molecule has 1 aliphatic rings. The Bertz CT molecular complexity index is 521. The van der Waals surface area contributed by atoms with Crippen molar-refractivity contribution in [1.82, 2.24) is 9.88 Å². The highest BCUT2D eigenvalue weighted by Crippen LogP contribution is 2.26. The van der Waals surface area contributed by atoms with Crippen LogP contribution in [-0.2, 0) is 6.54 Å². The Kier molecular flexibility index (Phi) is 3.68. The number of thiophene rings is 1. The molecule has 2 aromatic rings. The zero-order valence-electron chi connectivity index (χ0n) is 11.0. The summed E-state index contributed by atoms with van der Waals surface area (Å²) < 4.78 is 5.78. The number of aliphatic hydroxyl groups is 1. The molecule has 1 fully saturated rings. The molecule has 0 unspecified atom stereocenters. The maximum absolute atomic E-state index is 9.60. The molecule has 2 aromatic heterocycles. The summed E-state index contributed by atoms with van der Waals surface area (Å²) >= 11 is 1.66. The highest BCUT2D eigenvalue weighted by atomic mass is 32.1. The first-order chi connectivity index (χ1) is 9.22. The minimum absolute atomic E-state index is 0.226. The molecule has 0 amide bonds. The molecule has 0 aromatic carbocycles. The Morgan fingerprint density at radius 1 is 1.63 bits per heavy atom. The van der Waals surface area contributed by atoms with E-state index in [9.17, 15) is 5.11 Å². The van der Waals surface area contributed by atoms with Crippen molar-refractivity contribution in [3.63, 3.8) is 0 Å². The molecule has 0 saturated carbocycles. The lowest BCUT2D eigenvalue weighted by Gasteiger charge is -2.15. The SMILES string of the molecule is C[C@@H](O)[C@H]1CCN(Cc2ncc(-c3cccs3)o2)C1. The normalized spacial score (nSPS) is 21.9. The number of aromatic nitrogens is 1. The van der Waals surface area contributed by atoms with Gasteiger partial charge < -0.3 is 9.52 Å². The average Bonchev–Trinajstić information content (AvgIpc) is 3.09. The summed E-state index contributed by atoms with van der Waals surface area (Å²) in [4.78, 5) is 7.75. The molecule has 2 atom stereocenters. The maximum Gasteiger partial charge on any atom is 0.209 e. The van der Waals surface area contributed by atoms with Gasteiger partial charge >= 0.3 is 0 Å². The van der Waals surface area contributed by atoms with Crippen LogP contribution in [0.4, 0.5) is 0 Å². The molecule has 3 rings (SSSR count). The van der Waals surface area contributed by atoms with Crippen LogP contribution in [-0.4, -0.2) is 34.2 Å². The fraction of sp³-hybridized carbons (Fsp3) is 0.500. The molecule has 19 heavy (non-hydrogen) atoms. The molecular formula is C14H18N2O2S. The zero-order valence-corrected chi connectivity index (χ0v) is 11.8. The van der Waals surface area contributed by atoms with Gasteiger partial charge in [-0.1, -0.05) is 6.07 Å². The Morgan fingerprint density at radius 2 is 2.53 bits per heavy atom. The van der Waals surface area contributed by atoms with Crippen molar-refractivity contribution >= 4 is 11.3 Å². The van der Waals surface area contributed by atoms with Crippen LogP contribution in [0.25, 0.3) is 10.6 Å². The van der Waals surface area contributed by atoms with Gasteiger partial charge in [0.15, 0.2) is 5.76 Å². The summed E-state index contributed by atoms with van der Waals surface area (Å²) in [7, 11) is 0. The third-order valence-corrected chi connectivity index (χ3v) is 4.55. The molecule has 5 heteroatoms. The van der Waals surface area contributed by atoms with E-state index in [4.69, 9.17) is 4.42 Å². The van der Waals surface area contributed by atoms with Crippen molar-refractivity contribution in [1.29, 1.82) is 0 Å². The van der Waals surface area contributed by atoms with Crippen molar-refractivity contribution in [2.75, 3.05) is 13.1 Å². The standard InChI is InChI=1S/C14H18N2O2S/c1-10(17)11-4-5-16(8-11)9-14-15-7-12(18-14)13-3-2-6-19-13/h2-3,6-7,10-11,17H,4-5,8-9H2,1H3/t10-,11+/m1/s1. The van der Waals surface area contributed by atoms with Crippen molar-refractivity contribution in [3.8, 4) is 10.6 Å². The third-order valence-electron chi connectivity index (χ3n) is 3.67. The Hall–Kier alpha value is -1.17. The lowest BCUT2D eigenvalue weighted by atomic mass is 10.0. The first kappa shape index (κ1) is 12.8. The van der Waals surface area contributed by atoms with Crippen LogP contribution < -0.4 is 0 Å². The van der Waals surface area contributed by atoms with Gasteiger partial charge in [-0.05, 0) is 37.3 Å². The fourth-order valence-electron chi connectivity index (χ4n) is 2.51. The highest BCUT2D eigenvalue weighted by molar-refractivity contribution is 7.13. The monoisotopic (exact) mass is 278 g/mol. The van der Waals surface area contributed by atoms with Gasteiger partial charge in [-0.2, -0.15) is 0 Å². The molecule has 0 radical (unpaired) electrons. The van der Waals surface area contributed by atoms with Gasteiger partial charge in [-0.25, -0.2) is 4.98 Å². The number of nitrogens with zero attached hydrogens (tertiary/aromatic N) is 2. The van der Waals surface area contributed by atoms with Crippen LogP contribution in [0.1, 0.15) is 19.2 Å². The van der Waals surface area contributed by atoms with E-state index in [1.807, 2.05) is 24.4 Å². The first-order valence-electron chi connectivity index (χ1n) is 6.61. The number of aliphatic hydroxyl groups excluding tert-OH is 1. The molecule has 1 aliphatic heterocycles. The quantitative estimate of drug-likeness (QED) is 0.934. The van der Waals surface area contributed by atoms with Crippen molar-refractivity contribution in [3.05, 3.63) is 29.6 Å². The summed E-state index contributed by atoms with van der Waals surface area (Å²) in [5, 5.41) is 11.6. The van der Waals surface area contributed by atoms with Gasteiger partial charge in [-0.15, -0.1) is 11.3 Å². The molecule has 1 N–H and O–H groups in total. The van der Waals surface area contributed by atoms with Gasteiger partial charge in [0.05, 0.1) is 23.7 Å². The van der Waals surface area contributed by atoms with E-state index in [0.717, 1.165) is 42.6 Å². The lowest BCUT2D eigenvalue weighted by molar-refractivity contribution is 0.126. The minimum Gasteiger partial charge on any atom is -0.438 e. The topological polar surface area (TPSA) is 49.5 Å². The van der Waals surface area contributed by atoms with Gasteiger partial charge in [0.25, 0.3) is 0 Å². The smallest absolute Gasteiger partial charge is 0.209 e. The van der Waals surface area contributed by atoms with E-state index in [1.54, 1.807) is 17.5 Å². The minimum atomic E-state index is -0.226. The Labute approximate surface area is 116 Å². The van der Waals surface area contributed by atoms with E-state index < -0.39 is 0 Å². The highest BCUT2D eigenvalue weighted by Gasteiger charge is 2.26. The van der Waals surface area contributed by atoms with E-state index in [2.05, 4.69) is 9.88 Å². The number of likely N-dealkylation sites (tertiary alicyclic amines) is 1. The Balaban J connectivity index is 1.62. The summed E-state index contributed by atoms with van der Waals surface area (Å²) in [6.07, 6.45) is 2.62. The number of hydrogen-bond acceptors (Lipinski definition) is 5. The van der Waals surface area contributed by atoms with Crippen molar-refractivity contribution in [2.24, 2.45) is 5.92 Å². The van der Waals surface area contributed by atoms with Crippen LogP contribution in [0.3, 0.4) is 0 Å². The van der Waals surface area contributed by atoms with E-state index in [0.29, 0.717) is 5.92 Å². The first-order valence-corrected chi connectivity index (χ1v) is 7.49. The Morgan fingerprint density at radius 3 is 3.21 bits per heavy atom. The average molecular weight is 278 g/mol. The zero-order chi connectivity index (χ0) is 13.2. The summed E-state index contributed by atoms with van der Waals surface area (Å²) in [5.41, 5.74) is 0. The second-order valence-corrected chi connectivity index (χ2v) is 6.07. The van der Waals surface area contributed by atoms with Crippen LogP contribution >= 0.6 is 11.3 Å². The molecule has 0 bridgehead atoms. The van der Waals surface area contributed by atoms with Crippen LogP contribution in [0.2, 0.25) is 0 Å². The molecule has 102 valence electrons. The number of rotatable bonds is 4. The summed E-state index contributed by atoms with van der Waals surface area (Å²) in [5.74, 6) is 1.98. The second-order valence-electron chi connectivity index (χ2n) is 5.12. The molecular weight excluding hydrogens is 260 g/mol. The fourth-order valence-corrected chi connectivity index (χ4v) is 3.18. The van der Waals surface area contributed by atoms with Crippen LogP contribution in [0.5, 0.6) is 0 Å². The van der Waals surface area contributed by atoms with Crippen LogP contribution in [0, 0.1) is 5.92 Å². The molecule has 4 nitrogen and oxygen atoms in total. The summed E-state index contributed by atoms with van der Waals surface area (Å²) in [6, 6.07) is 4.05. The molecule has 3 heterocycles. The predicted octanol–water partition coefficient (Wildman–Crippen LogP) is 2.61. The number of oxazole rings is 1. The molecule has 1 saturated heterocycles.